The molecule has 1 aliphatic heterocycles. The summed E-state index contributed by atoms with van der Waals surface area (Å²) in [5, 5.41) is 4.31. The summed E-state index contributed by atoms with van der Waals surface area (Å²) >= 11 is 0. The Morgan fingerprint density at radius 2 is 1.75 bits per heavy atom. The van der Waals surface area contributed by atoms with Crippen molar-refractivity contribution in [2.45, 2.75) is 63.5 Å². The van der Waals surface area contributed by atoms with E-state index in [0.29, 0.717) is 25.6 Å². The summed E-state index contributed by atoms with van der Waals surface area (Å²) in [7, 11) is -3.82. The van der Waals surface area contributed by atoms with Crippen molar-refractivity contribution in [3.63, 3.8) is 0 Å². The second-order valence-electron chi connectivity index (χ2n) is 9.15. The second kappa shape index (κ2) is 10.0. The van der Waals surface area contributed by atoms with E-state index in [-0.39, 0.29) is 4.90 Å². The molecule has 0 saturated carbocycles. The van der Waals surface area contributed by atoms with E-state index < -0.39 is 21.8 Å². The number of amides is 1. The topological polar surface area (TPSA) is 84.9 Å². The lowest BCUT2D eigenvalue weighted by molar-refractivity contribution is -0.0692. The molecule has 32 heavy (non-hydrogen) atoms. The normalized spacial score (nSPS) is 16.0. The number of hydrogen-bond donors (Lipinski definition) is 1. The van der Waals surface area contributed by atoms with Crippen LogP contribution in [-0.2, 0) is 25.7 Å². The highest BCUT2D eigenvalue weighted by atomic mass is 32.2. The smallest absolute Gasteiger partial charge is 0.407 e. The minimum Gasteiger partial charge on any atom is -0.444 e. The van der Waals surface area contributed by atoms with Gasteiger partial charge in [-0.15, -0.1) is 0 Å². The SMILES string of the molecule is Cc1ccc(S(=O)(=O)ON2CCC(c3cccc(CNC(=O)OC(C)(C)C)c3)CC2)cc1. The molecule has 1 N–H and O–H groups in total. The summed E-state index contributed by atoms with van der Waals surface area (Å²) in [6.07, 6.45) is 1.13. The van der Waals surface area contributed by atoms with Gasteiger partial charge in [0.15, 0.2) is 0 Å². The monoisotopic (exact) mass is 460 g/mol. The molecule has 0 atom stereocenters. The van der Waals surface area contributed by atoms with E-state index in [9.17, 15) is 13.2 Å². The molecule has 174 valence electrons. The molecule has 0 aromatic heterocycles. The van der Waals surface area contributed by atoms with Gasteiger partial charge < -0.3 is 10.1 Å². The Labute approximate surface area is 190 Å². The van der Waals surface area contributed by atoms with Crippen molar-refractivity contribution in [2.24, 2.45) is 0 Å². The lowest BCUT2D eigenvalue weighted by Crippen LogP contribution is -2.35. The van der Waals surface area contributed by atoms with Crippen molar-refractivity contribution in [2.75, 3.05) is 13.1 Å². The molecule has 8 heteroatoms. The number of benzene rings is 2. The van der Waals surface area contributed by atoms with Crippen LogP contribution in [0.5, 0.6) is 0 Å². The quantitative estimate of drug-likeness (QED) is 0.682. The Morgan fingerprint density at radius 3 is 2.38 bits per heavy atom. The highest BCUT2D eigenvalue weighted by Crippen LogP contribution is 2.29. The number of rotatable bonds is 6. The number of nitrogens with one attached hydrogen (secondary N) is 1. The number of hydrogen-bond acceptors (Lipinski definition) is 6. The molecule has 3 rings (SSSR count). The maximum atomic E-state index is 12.5. The molecule has 1 heterocycles. The fourth-order valence-corrected chi connectivity index (χ4v) is 4.58. The first-order valence-corrected chi connectivity index (χ1v) is 12.2. The average Bonchev–Trinajstić information content (AvgIpc) is 2.72. The van der Waals surface area contributed by atoms with Crippen LogP contribution in [0.2, 0.25) is 0 Å². The van der Waals surface area contributed by atoms with E-state index in [0.717, 1.165) is 24.0 Å². The van der Waals surface area contributed by atoms with Gasteiger partial charge in [-0.1, -0.05) is 42.0 Å². The molecular formula is C24H32N2O5S. The predicted octanol–water partition coefficient (Wildman–Crippen LogP) is 4.52. The van der Waals surface area contributed by atoms with Gasteiger partial charge in [0.25, 0.3) is 0 Å². The van der Waals surface area contributed by atoms with E-state index >= 15 is 0 Å². The molecule has 0 aliphatic carbocycles. The first-order valence-electron chi connectivity index (χ1n) is 10.8. The molecule has 2 aromatic rings. The van der Waals surface area contributed by atoms with Crippen molar-refractivity contribution in [1.29, 1.82) is 0 Å². The van der Waals surface area contributed by atoms with Gasteiger partial charge in [0.05, 0.1) is 4.90 Å². The van der Waals surface area contributed by atoms with Crippen LogP contribution < -0.4 is 5.32 Å². The maximum Gasteiger partial charge on any atom is 0.407 e. The lowest BCUT2D eigenvalue weighted by Gasteiger charge is -2.30. The molecule has 1 saturated heterocycles. The highest BCUT2D eigenvalue weighted by molar-refractivity contribution is 7.86. The molecule has 7 nitrogen and oxygen atoms in total. The minimum atomic E-state index is -3.82. The van der Waals surface area contributed by atoms with Gasteiger partial charge in [-0.3, -0.25) is 0 Å². The van der Waals surface area contributed by atoms with Gasteiger partial charge >= 0.3 is 16.2 Å². The molecule has 0 unspecified atom stereocenters. The summed E-state index contributed by atoms with van der Waals surface area (Å²) in [5.74, 6) is 0.304. The first kappa shape index (κ1) is 24.2. The molecule has 1 fully saturated rings. The number of ether oxygens (including phenoxy) is 1. The van der Waals surface area contributed by atoms with Crippen molar-refractivity contribution < 1.29 is 22.2 Å². The third-order valence-electron chi connectivity index (χ3n) is 5.23. The number of hydroxylamine groups is 2. The average molecular weight is 461 g/mol. The minimum absolute atomic E-state index is 0.162. The molecule has 1 amide bonds. The third kappa shape index (κ3) is 7.05. The number of carbonyl (C=O) groups is 1. The van der Waals surface area contributed by atoms with E-state index in [4.69, 9.17) is 9.02 Å². The molecule has 2 aromatic carbocycles. The molecule has 1 aliphatic rings. The first-order chi connectivity index (χ1) is 15.0. The lowest BCUT2D eigenvalue weighted by atomic mass is 9.89. The van der Waals surface area contributed by atoms with Crippen LogP contribution in [0.15, 0.2) is 53.4 Å². The van der Waals surface area contributed by atoms with Gasteiger partial charge in [0, 0.05) is 19.6 Å². The van der Waals surface area contributed by atoms with Gasteiger partial charge in [0.2, 0.25) is 0 Å². The zero-order chi connectivity index (χ0) is 23.4. The van der Waals surface area contributed by atoms with Crippen LogP contribution in [0.4, 0.5) is 4.79 Å². The van der Waals surface area contributed by atoms with Crippen LogP contribution in [0, 0.1) is 6.92 Å². The van der Waals surface area contributed by atoms with E-state index in [2.05, 4.69) is 17.4 Å². The summed E-state index contributed by atoms with van der Waals surface area (Å²) < 4.78 is 35.7. The Morgan fingerprint density at radius 1 is 1.09 bits per heavy atom. The highest BCUT2D eigenvalue weighted by Gasteiger charge is 2.26. The second-order valence-corrected chi connectivity index (χ2v) is 10.7. The molecule has 0 bridgehead atoms. The van der Waals surface area contributed by atoms with Crippen molar-refractivity contribution >= 4 is 16.2 Å². The molecular weight excluding hydrogens is 428 g/mol. The third-order valence-corrected chi connectivity index (χ3v) is 6.48. The zero-order valence-corrected chi connectivity index (χ0v) is 19.9. The van der Waals surface area contributed by atoms with Crippen molar-refractivity contribution in [1.82, 2.24) is 10.4 Å². The van der Waals surface area contributed by atoms with E-state index in [1.54, 1.807) is 24.3 Å². The Hall–Kier alpha value is -2.42. The van der Waals surface area contributed by atoms with E-state index in [1.165, 1.54) is 10.6 Å². The number of alkyl carbamates (subject to hydrolysis) is 1. The molecule has 0 spiro atoms. The molecule has 0 radical (unpaired) electrons. The van der Waals surface area contributed by atoms with Crippen LogP contribution in [0.1, 0.15) is 56.2 Å². The predicted molar refractivity (Wildman–Crippen MR) is 123 cm³/mol. The van der Waals surface area contributed by atoms with Gasteiger partial charge in [-0.05, 0) is 69.7 Å². The summed E-state index contributed by atoms with van der Waals surface area (Å²) in [6, 6.07) is 14.7. The Kier molecular flexibility index (Phi) is 7.59. The zero-order valence-electron chi connectivity index (χ0n) is 19.1. The Bertz CT molecular complexity index is 1020. The van der Waals surface area contributed by atoms with Crippen molar-refractivity contribution in [3.05, 3.63) is 65.2 Å². The van der Waals surface area contributed by atoms with Gasteiger partial charge in [-0.2, -0.15) is 17.8 Å². The summed E-state index contributed by atoms with van der Waals surface area (Å²) in [6.45, 7) is 8.83. The number of aryl methyl sites for hydroxylation is 1. The largest absolute Gasteiger partial charge is 0.444 e. The van der Waals surface area contributed by atoms with Crippen LogP contribution >= 0.6 is 0 Å². The summed E-state index contributed by atoms with van der Waals surface area (Å²) in [4.78, 5) is 12.0. The number of nitrogens with zero attached hydrogens (tertiary/aromatic N) is 1. The fourth-order valence-electron chi connectivity index (χ4n) is 3.60. The van der Waals surface area contributed by atoms with E-state index in [1.807, 2.05) is 39.8 Å². The number of carbonyl (C=O) groups excluding carboxylic acids is 1. The maximum absolute atomic E-state index is 12.5. The standard InChI is InChI=1S/C24H32N2O5S/c1-18-8-10-22(11-9-18)32(28,29)31-26-14-12-20(13-15-26)21-7-5-6-19(16-21)17-25-23(27)30-24(2,3)4/h5-11,16,20H,12-15,17H2,1-4H3,(H,25,27). The Balaban J connectivity index is 1.53. The van der Waals surface area contributed by atoms with Crippen LogP contribution in [-0.4, -0.2) is 38.3 Å². The summed E-state index contributed by atoms with van der Waals surface area (Å²) in [5.41, 5.74) is 2.63. The van der Waals surface area contributed by atoms with Crippen molar-refractivity contribution in [3.8, 4) is 0 Å². The van der Waals surface area contributed by atoms with Gasteiger partial charge in [-0.25, -0.2) is 4.79 Å². The van der Waals surface area contributed by atoms with Gasteiger partial charge in [0.1, 0.15) is 5.60 Å². The van der Waals surface area contributed by atoms with Crippen LogP contribution in [0.25, 0.3) is 0 Å². The fraction of sp³-hybridized carbons (Fsp3) is 0.458. The van der Waals surface area contributed by atoms with Crippen LogP contribution in [0.3, 0.4) is 0 Å². The number of piperidine rings is 1.